The molecule has 0 N–H and O–H groups in total. The number of benzene rings is 1. The number of amidine groups is 1. The number of aliphatic imine (C=N–C) groups is 1. The van der Waals surface area contributed by atoms with Crippen molar-refractivity contribution in [2.45, 2.75) is 56.4 Å². The molecule has 1 fully saturated rings. The fourth-order valence-electron chi connectivity index (χ4n) is 5.84. The maximum absolute atomic E-state index is 14.8. The molecule has 2 heterocycles. The third-order valence-electron chi connectivity index (χ3n) is 7.94. The molecule has 1 aromatic rings. The Hall–Kier alpha value is -3.26. The van der Waals surface area contributed by atoms with Gasteiger partial charge in [0.1, 0.15) is 19.5 Å². The lowest BCUT2D eigenvalue weighted by molar-refractivity contribution is -0.138. The van der Waals surface area contributed by atoms with Crippen LogP contribution in [0.5, 0.6) is 0 Å². The Morgan fingerprint density at radius 2 is 1.81 bits per heavy atom. The summed E-state index contributed by atoms with van der Waals surface area (Å²) < 4.78 is 77.0. The second-order valence-electron chi connectivity index (χ2n) is 11.1. The van der Waals surface area contributed by atoms with E-state index in [4.69, 9.17) is 28.3 Å². The Morgan fingerprint density at radius 1 is 1.17 bits per heavy atom. The molecule has 0 aromatic heterocycles. The standard InChI is InChI=1S/C31H34B3F5N4O3S/c1-6-19(24(36)9-10-35)7-8-21-23(31(37,38)39)11-22(26-27(21)47-15-20(14-46-5)42(26)16-44)29(40-4)41-12-17(2)43(18(3)13-41)30(45)25(32)28(33)34/h7-11,16-18,20H,6,12-15H2,1-5H3/b8-7+,10-9+,24-19+,40-29?. The predicted octanol–water partition coefficient (Wildman–Crippen LogP) is 4.89. The van der Waals surface area contributed by atoms with E-state index in [1.54, 1.807) is 25.7 Å². The number of allylic oxidation sites excluding steroid dienone is 4. The fraction of sp³-hybridized carbons (Fsp3) is 0.452. The summed E-state index contributed by atoms with van der Waals surface area (Å²) in [6, 6.07) is -0.580. The predicted molar refractivity (Wildman–Crippen MR) is 178 cm³/mol. The van der Waals surface area contributed by atoms with Crippen LogP contribution < -0.4 is 4.90 Å². The van der Waals surface area contributed by atoms with Crippen molar-refractivity contribution >= 4 is 65.2 Å². The van der Waals surface area contributed by atoms with Crippen LogP contribution in [0.4, 0.5) is 27.6 Å². The van der Waals surface area contributed by atoms with E-state index in [0.717, 1.165) is 23.9 Å². The largest absolute Gasteiger partial charge is 0.417 e. The molecule has 0 saturated carbocycles. The summed E-state index contributed by atoms with van der Waals surface area (Å²) in [5, 5.41) is -0.326. The summed E-state index contributed by atoms with van der Waals surface area (Å²) in [4.78, 5) is 34.8. The number of halogens is 5. The summed E-state index contributed by atoms with van der Waals surface area (Å²) in [5.41, 5.74) is -1.42. The summed E-state index contributed by atoms with van der Waals surface area (Å²) in [7, 11) is 19.8. The Bertz CT molecular complexity index is 1500. The van der Waals surface area contributed by atoms with E-state index in [2.05, 4.69) is 4.99 Å². The van der Waals surface area contributed by atoms with E-state index in [0.29, 0.717) is 12.5 Å². The molecule has 1 aromatic carbocycles. The maximum Gasteiger partial charge on any atom is 0.417 e. The van der Waals surface area contributed by atoms with Crippen LogP contribution in [0.25, 0.3) is 6.08 Å². The first-order valence-corrected chi connectivity index (χ1v) is 15.7. The summed E-state index contributed by atoms with van der Waals surface area (Å²) in [5.74, 6) is -1.13. The van der Waals surface area contributed by atoms with Crippen molar-refractivity contribution in [1.82, 2.24) is 9.80 Å². The number of fused-ring (bicyclic) bond motifs is 1. The van der Waals surface area contributed by atoms with Gasteiger partial charge in [0.25, 0.3) is 0 Å². The summed E-state index contributed by atoms with van der Waals surface area (Å²) in [6.07, 6.45) is -1.35. The molecular weight excluding hydrogens is 636 g/mol. The van der Waals surface area contributed by atoms with Crippen molar-refractivity contribution in [3.63, 3.8) is 0 Å². The average molecular weight is 670 g/mol. The Kier molecular flexibility index (Phi) is 13.2. The molecule has 47 heavy (non-hydrogen) atoms. The lowest BCUT2D eigenvalue weighted by atomic mass is 9.69. The van der Waals surface area contributed by atoms with Crippen molar-refractivity contribution in [3.05, 3.63) is 63.5 Å². The average Bonchev–Trinajstić information content (AvgIpc) is 3.00. The Balaban J connectivity index is 2.30. The zero-order valence-electron chi connectivity index (χ0n) is 26.8. The molecule has 246 valence electrons. The Morgan fingerprint density at radius 3 is 2.30 bits per heavy atom. The highest BCUT2D eigenvalue weighted by Crippen LogP contribution is 2.48. The SMILES string of the molecule is [B]C([B])=C([B])C(=O)N1C(C)CN(C(=NC)c2cc(C(F)(F)F)c(/C=C/C(CC)=C(F)\C=C\F)c3c2N(C=O)C(COC)CS3)CC1C. The zero-order chi connectivity index (χ0) is 35.2. The molecule has 7 nitrogen and oxygen atoms in total. The highest BCUT2D eigenvalue weighted by molar-refractivity contribution is 7.99. The van der Waals surface area contributed by atoms with Gasteiger partial charge in [0.2, 0.25) is 12.3 Å². The molecule has 0 aliphatic carbocycles. The van der Waals surface area contributed by atoms with Gasteiger partial charge in [-0.05, 0) is 31.9 Å². The molecule has 3 unspecified atom stereocenters. The molecule has 3 rings (SSSR count). The van der Waals surface area contributed by atoms with Gasteiger partial charge in [-0.2, -0.15) is 18.5 Å². The van der Waals surface area contributed by atoms with E-state index in [-0.39, 0.29) is 82.2 Å². The first kappa shape index (κ1) is 38.2. The minimum Gasteiger partial charge on any atom is -0.383 e. The number of thioether (sulfide) groups is 1. The molecule has 1 saturated heterocycles. The van der Waals surface area contributed by atoms with Crippen molar-refractivity contribution in [2.24, 2.45) is 4.99 Å². The number of hydrogen-bond acceptors (Lipinski definition) is 5. The molecule has 2 aliphatic heterocycles. The Labute approximate surface area is 280 Å². The third-order valence-corrected chi connectivity index (χ3v) is 9.19. The maximum atomic E-state index is 14.8. The molecule has 2 aliphatic rings. The van der Waals surface area contributed by atoms with Gasteiger partial charge in [-0.1, -0.05) is 24.5 Å². The van der Waals surface area contributed by atoms with Gasteiger partial charge in [-0.15, -0.1) is 11.8 Å². The van der Waals surface area contributed by atoms with Crippen LogP contribution in [0, 0.1) is 0 Å². The molecule has 0 bridgehead atoms. The first-order valence-electron chi connectivity index (χ1n) is 14.7. The van der Waals surface area contributed by atoms with Gasteiger partial charge < -0.3 is 19.4 Å². The number of nitrogens with zero attached hydrogens (tertiary/aromatic N) is 4. The topological polar surface area (TPSA) is 65.5 Å². The number of hydrogen-bond donors (Lipinski definition) is 0. The van der Waals surface area contributed by atoms with E-state index >= 15 is 0 Å². The molecule has 0 spiro atoms. The number of rotatable bonds is 9. The summed E-state index contributed by atoms with van der Waals surface area (Å²) >= 11 is 1.11. The quantitative estimate of drug-likeness (QED) is 0.0713. The third kappa shape index (κ3) is 8.25. The normalized spacial score (nSPS) is 21.3. The number of carbonyl (C=O) groups is 2. The van der Waals surface area contributed by atoms with Crippen molar-refractivity contribution in [2.75, 3.05) is 44.5 Å². The van der Waals surface area contributed by atoms with Crippen LogP contribution in [0.1, 0.15) is 43.9 Å². The fourth-order valence-corrected chi connectivity index (χ4v) is 7.14. The highest BCUT2D eigenvalue weighted by Gasteiger charge is 2.42. The smallest absolute Gasteiger partial charge is 0.383 e. The number of piperazine rings is 1. The van der Waals surface area contributed by atoms with Crippen LogP contribution in [0.3, 0.4) is 0 Å². The van der Waals surface area contributed by atoms with Gasteiger partial charge >= 0.3 is 6.18 Å². The minimum absolute atomic E-state index is 0.00670. The lowest BCUT2D eigenvalue weighted by Crippen LogP contribution is -2.60. The van der Waals surface area contributed by atoms with E-state index in [1.807, 2.05) is 0 Å². The van der Waals surface area contributed by atoms with Crippen LogP contribution in [-0.4, -0.2) is 109 Å². The van der Waals surface area contributed by atoms with Gasteiger partial charge in [0.05, 0.1) is 45.9 Å². The molecular formula is C31H34B3F5N4O3S. The number of anilines is 1. The van der Waals surface area contributed by atoms with Crippen LogP contribution in [-0.2, 0) is 20.5 Å². The van der Waals surface area contributed by atoms with Crippen molar-refractivity contribution in [3.8, 4) is 0 Å². The number of ether oxygens (including phenoxy) is 1. The van der Waals surface area contributed by atoms with Gasteiger partial charge in [0.15, 0.2) is 0 Å². The van der Waals surface area contributed by atoms with Crippen molar-refractivity contribution in [1.29, 1.82) is 0 Å². The number of alkyl halides is 3. The molecule has 2 amide bonds. The number of carbonyl (C=O) groups excluding carboxylic acids is 2. The zero-order valence-corrected chi connectivity index (χ0v) is 27.6. The highest BCUT2D eigenvalue weighted by atomic mass is 32.2. The second-order valence-corrected chi connectivity index (χ2v) is 12.1. The monoisotopic (exact) mass is 670 g/mol. The van der Waals surface area contributed by atoms with Crippen LogP contribution in [0.2, 0.25) is 0 Å². The van der Waals surface area contributed by atoms with Crippen molar-refractivity contribution < 1.29 is 36.3 Å². The lowest BCUT2D eigenvalue weighted by Gasteiger charge is -2.46. The van der Waals surface area contributed by atoms with Crippen LogP contribution >= 0.6 is 11.8 Å². The molecule has 6 radical (unpaired) electrons. The van der Waals surface area contributed by atoms with Gasteiger partial charge in [-0.25, -0.2) is 8.78 Å². The van der Waals surface area contributed by atoms with Crippen LogP contribution in [0.15, 0.2) is 56.7 Å². The second kappa shape index (κ2) is 16.2. The summed E-state index contributed by atoms with van der Waals surface area (Å²) in [6.45, 7) is 5.49. The van der Waals surface area contributed by atoms with Gasteiger partial charge in [-0.3, -0.25) is 14.6 Å². The van der Waals surface area contributed by atoms with E-state index < -0.39 is 41.6 Å². The molecule has 16 heteroatoms. The van der Waals surface area contributed by atoms with Gasteiger partial charge in [0, 0.05) is 67.2 Å². The van der Waals surface area contributed by atoms with E-state index in [9.17, 15) is 31.5 Å². The minimum atomic E-state index is -4.87. The molecule has 3 atom stereocenters. The number of methoxy groups -OCH3 is 1. The number of amides is 2. The van der Waals surface area contributed by atoms with E-state index in [1.165, 1.54) is 30.0 Å². The first-order chi connectivity index (χ1) is 22.2.